The minimum Gasteiger partial charge on any atom is -0.494 e. The number of imidazole rings is 1. The van der Waals surface area contributed by atoms with Gasteiger partial charge in [-0.2, -0.15) is 8.78 Å². The molecule has 4 heterocycles. The highest BCUT2D eigenvalue weighted by molar-refractivity contribution is 5.49. The minimum absolute atomic E-state index is 0.0141. The van der Waals surface area contributed by atoms with Crippen molar-refractivity contribution in [1.29, 1.82) is 0 Å². The monoisotopic (exact) mass is 507 g/mol. The molecule has 1 fully saturated rings. The second-order valence-corrected chi connectivity index (χ2v) is 8.68. The second kappa shape index (κ2) is 8.84. The lowest BCUT2D eigenvalue weighted by Crippen LogP contribution is -2.18. The van der Waals surface area contributed by atoms with Gasteiger partial charge < -0.3 is 14.5 Å². The highest BCUT2D eigenvalue weighted by atomic mass is 19.3. The van der Waals surface area contributed by atoms with E-state index in [1.165, 1.54) is 30.4 Å². The van der Waals surface area contributed by atoms with Crippen molar-refractivity contribution in [2.75, 3.05) is 12.4 Å². The Morgan fingerprint density at radius 2 is 1.97 bits per heavy atom. The Labute approximate surface area is 208 Å². The van der Waals surface area contributed by atoms with E-state index in [4.69, 9.17) is 4.74 Å². The Morgan fingerprint density at radius 3 is 2.73 bits per heavy atom. The van der Waals surface area contributed by atoms with Crippen LogP contribution in [0.1, 0.15) is 41.3 Å². The quantitative estimate of drug-likeness (QED) is 0.337. The van der Waals surface area contributed by atoms with Gasteiger partial charge in [-0.1, -0.05) is 6.07 Å². The SMILES string of the molecule is COc1ccc(-n2cnnn2)c(CNc2cc(C(F)(F)c3cn4cc(C5CC5)ccc4n3)ncn2)c1F. The lowest BCUT2D eigenvalue weighted by atomic mass is 10.1. The fourth-order valence-electron chi connectivity index (χ4n) is 4.16. The van der Waals surface area contributed by atoms with E-state index in [1.807, 2.05) is 12.3 Å². The maximum absolute atomic E-state index is 15.5. The van der Waals surface area contributed by atoms with Gasteiger partial charge in [0.05, 0.1) is 12.8 Å². The summed E-state index contributed by atoms with van der Waals surface area (Å²) in [6.45, 7) is -0.113. The van der Waals surface area contributed by atoms with Gasteiger partial charge in [-0.05, 0) is 52.9 Å². The van der Waals surface area contributed by atoms with Crippen molar-refractivity contribution in [3.05, 3.63) is 83.7 Å². The number of hydrogen-bond donors (Lipinski definition) is 1. The molecule has 1 N–H and O–H groups in total. The van der Waals surface area contributed by atoms with Crippen LogP contribution in [0.2, 0.25) is 0 Å². The number of anilines is 1. The van der Waals surface area contributed by atoms with Gasteiger partial charge in [-0.3, -0.25) is 0 Å². The minimum atomic E-state index is -3.48. The van der Waals surface area contributed by atoms with Crippen LogP contribution in [0.3, 0.4) is 0 Å². The van der Waals surface area contributed by atoms with Gasteiger partial charge in [0, 0.05) is 30.6 Å². The number of aromatic nitrogens is 8. The number of rotatable bonds is 8. The number of ether oxygens (including phenoxy) is 1. The van der Waals surface area contributed by atoms with Crippen LogP contribution in [0.5, 0.6) is 5.75 Å². The standard InChI is InChI=1S/C24H20F3N9O/c1-37-18-6-5-17(36-13-31-33-34-36)16(23(18)25)9-28-21-8-19(29-12-30-21)24(26,27)20-11-35-10-15(14-2-3-14)4-7-22(35)32-20/h4-8,10-14H,2-3,9H2,1H3,(H,28,29,30). The Hall–Kier alpha value is -4.55. The van der Waals surface area contributed by atoms with Gasteiger partial charge >= 0.3 is 5.92 Å². The molecule has 0 saturated heterocycles. The first-order valence-electron chi connectivity index (χ1n) is 11.5. The van der Waals surface area contributed by atoms with Crippen LogP contribution < -0.4 is 10.1 Å². The summed E-state index contributed by atoms with van der Waals surface area (Å²) >= 11 is 0. The number of nitrogens with one attached hydrogen (secondary N) is 1. The van der Waals surface area contributed by atoms with Crippen molar-refractivity contribution < 1.29 is 17.9 Å². The smallest absolute Gasteiger partial charge is 0.333 e. The molecule has 0 aliphatic heterocycles. The molecule has 0 atom stereocenters. The number of pyridine rings is 1. The Bertz CT molecular complexity index is 1580. The number of methoxy groups -OCH3 is 1. The Morgan fingerprint density at radius 1 is 1.11 bits per heavy atom. The van der Waals surface area contributed by atoms with Crippen molar-refractivity contribution in [2.45, 2.75) is 31.2 Å². The molecule has 10 nitrogen and oxygen atoms in total. The van der Waals surface area contributed by atoms with Gasteiger partial charge in [0.25, 0.3) is 0 Å². The summed E-state index contributed by atoms with van der Waals surface area (Å²) in [6, 6.07) is 7.82. The maximum atomic E-state index is 15.5. The van der Waals surface area contributed by atoms with Gasteiger partial charge in [-0.15, -0.1) is 5.10 Å². The molecule has 13 heteroatoms. The molecular weight excluding hydrogens is 487 g/mol. The number of benzene rings is 1. The van der Waals surface area contributed by atoms with Crippen LogP contribution in [0, 0.1) is 5.82 Å². The first-order chi connectivity index (χ1) is 17.9. The fourth-order valence-corrected chi connectivity index (χ4v) is 4.16. The predicted molar refractivity (Wildman–Crippen MR) is 125 cm³/mol. The zero-order valence-corrected chi connectivity index (χ0v) is 19.5. The summed E-state index contributed by atoms with van der Waals surface area (Å²) < 4.78 is 54.0. The van der Waals surface area contributed by atoms with Gasteiger partial charge in [0.2, 0.25) is 0 Å². The van der Waals surface area contributed by atoms with E-state index >= 15 is 13.2 Å². The lowest BCUT2D eigenvalue weighted by Gasteiger charge is -2.16. The van der Waals surface area contributed by atoms with Crippen LogP contribution in [0.4, 0.5) is 19.0 Å². The van der Waals surface area contributed by atoms with E-state index in [0.29, 0.717) is 17.3 Å². The van der Waals surface area contributed by atoms with Crippen molar-refractivity contribution in [3.63, 3.8) is 0 Å². The zero-order chi connectivity index (χ0) is 25.6. The number of hydrogen-bond acceptors (Lipinski definition) is 8. The van der Waals surface area contributed by atoms with E-state index < -0.39 is 23.1 Å². The third kappa shape index (κ3) is 4.21. The van der Waals surface area contributed by atoms with Crippen LogP contribution >= 0.6 is 0 Å². The normalized spacial score (nSPS) is 13.7. The average Bonchev–Trinajstić information content (AvgIpc) is 3.43. The molecule has 37 heavy (non-hydrogen) atoms. The van der Waals surface area contributed by atoms with E-state index in [2.05, 4.69) is 35.8 Å². The van der Waals surface area contributed by atoms with E-state index in [-0.39, 0.29) is 23.7 Å². The molecule has 0 spiro atoms. The summed E-state index contributed by atoms with van der Waals surface area (Å²) in [5, 5.41) is 13.8. The fraction of sp³-hybridized carbons (Fsp3) is 0.250. The number of halogens is 3. The van der Waals surface area contributed by atoms with Crippen molar-refractivity contribution in [2.24, 2.45) is 0 Å². The largest absolute Gasteiger partial charge is 0.494 e. The third-order valence-electron chi connectivity index (χ3n) is 6.28. The molecule has 1 saturated carbocycles. The summed E-state index contributed by atoms with van der Waals surface area (Å²) in [5.74, 6) is -3.54. The van der Waals surface area contributed by atoms with Crippen molar-refractivity contribution >= 4 is 11.5 Å². The molecule has 6 rings (SSSR count). The molecular formula is C24H20F3N9O. The summed E-state index contributed by atoms with van der Waals surface area (Å²) in [7, 11) is 1.34. The number of fused-ring (bicyclic) bond motifs is 1. The van der Waals surface area contributed by atoms with Crippen molar-refractivity contribution in [1.82, 2.24) is 39.6 Å². The summed E-state index contributed by atoms with van der Waals surface area (Å²) in [5.41, 5.74) is 1.08. The van der Waals surface area contributed by atoms with Crippen LogP contribution in [0.15, 0.2) is 55.4 Å². The molecule has 4 aromatic heterocycles. The van der Waals surface area contributed by atoms with Crippen LogP contribution in [0.25, 0.3) is 11.3 Å². The highest BCUT2D eigenvalue weighted by Crippen LogP contribution is 2.40. The third-order valence-corrected chi connectivity index (χ3v) is 6.28. The molecule has 0 unspecified atom stereocenters. The number of tetrazole rings is 1. The van der Waals surface area contributed by atoms with Crippen LogP contribution in [-0.4, -0.2) is 46.7 Å². The first-order valence-corrected chi connectivity index (χ1v) is 11.5. The second-order valence-electron chi connectivity index (χ2n) is 8.68. The number of nitrogens with zero attached hydrogens (tertiary/aromatic N) is 8. The molecule has 0 radical (unpaired) electrons. The zero-order valence-electron chi connectivity index (χ0n) is 19.5. The molecule has 188 valence electrons. The highest BCUT2D eigenvalue weighted by Gasteiger charge is 2.39. The molecule has 1 aliphatic rings. The van der Waals surface area contributed by atoms with E-state index in [1.54, 1.807) is 16.5 Å². The molecule has 0 bridgehead atoms. The summed E-state index contributed by atoms with van der Waals surface area (Å²) in [6.07, 6.45) is 7.72. The van der Waals surface area contributed by atoms with Gasteiger partial charge in [0.15, 0.2) is 11.6 Å². The average molecular weight is 507 g/mol. The van der Waals surface area contributed by atoms with Crippen molar-refractivity contribution in [3.8, 4) is 11.4 Å². The molecule has 5 aromatic rings. The van der Waals surface area contributed by atoms with Gasteiger partial charge in [0.1, 0.15) is 35.5 Å². The van der Waals surface area contributed by atoms with E-state index in [9.17, 15) is 0 Å². The van der Waals surface area contributed by atoms with E-state index in [0.717, 1.165) is 30.8 Å². The van der Waals surface area contributed by atoms with Crippen LogP contribution in [-0.2, 0) is 12.5 Å². The first kappa shape index (κ1) is 22.9. The topological polar surface area (TPSA) is 108 Å². The Kier molecular flexibility index (Phi) is 5.46. The lowest BCUT2D eigenvalue weighted by molar-refractivity contribution is 0.0337. The Balaban J connectivity index is 1.28. The molecule has 0 amide bonds. The van der Waals surface area contributed by atoms with Gasteiger partial charge in [-0.25, -0.2) is 24.0 Å². The molecule has 1 aromatic carbocycles. The maximum Gasteiger partial charge on any atom is 0.333 e. The number of alkyl halides is 2. The predicted octanol–water partition coefficient (Wildman–Crippen LogP) is 3.88. The molecule has 1 aliphatic carbocycles. The summed E-state index contributed by atoms with van der Waals surface area (Å²) in [4.78, 5) is 11.9.